The molecule has 0 unspecified atom stereocenters. The predicted octanol–water partition coefficient (Wildman–Crippen LogP) is 0.784. The van der Waals surface area contributed by atoms with E-state index in [0.717, 1.165) is 17.7 Å². The Bertz CT molecular complexity index is 277. The number of rotatable bonds is 3. The summed E-state index contributed by atoms with van der Waals surface area (Å²) in [6.07, 6.45) is -0.519. The third-order valence-corrected chi connectivity index (χ3v) is 2.20. The lowest BCUT2D eigenvalue weighted by molar-refractivity contribution is 0.0956. The molecule has 0 amide bonds. The van der Waals surface area contributed by atoms with Crippen LogP contribution in [-0.2, 0) is 4.74 Å². The van der Waals surface area contributed by atoms with E-state index in [1.54, 1.807) is 0 Å². The summed E-state index contributed by atoms with van der Waals surface area (Å²) < 4.78 is 5.11. The first-order valence-electron chi connectivity index (χ1n) is 4.31. The maximum Gasteiger partial charge on any atom is 0.106 e. The van der Waals surface area contributed by atoms with Gasteiger partial charge in [0.2, 0.25) is 0 Å². The third kappa shape index (κ3) is 1.88. The average molecular weight is 180 g/mol. The molecule has 1 aliphatic heterocycles. The highest BCUT2D eigenvalue weighted by Gasteiger charge is 2.24. The van der Waals surface area contributed by atoms with Gasteiger partial charge in [0.15, 0.2) is 0 Å². The molecule has 1 heterocycles. The summed E-state index contributed by atoms with van der Waals surface area (Å²) in [6, 6.07) is 7.48. The van der Waals surface area contributed by atoms with Crippen molar-refractivity contribution in [3.8, 4) is 0 Å². The van der Waals surface area contributed by atoms with E-state index in [1.807, 2.05) is 24.3 Å². The highest BCUT2D eigenvalue weighted by atomic mass is 16.6. The van der Waals surface area contributed by atoms with E-state index in [9.17, 15) is 5.11 Å². The smallest absolute Gasteiger partial charge is 0.106 e. The quantitative estimate of drug-likeness (QED) is 0.676. The van der Waals surface area contributed by atoms with Crippen molar-refractivity contribution in [3.63, 3.8) is 0 Å². The Labute approximate surface area is 76.6 Å². The molecule has 13 heavy (non-hydrogen) atoms. The fourth-order valence-electron chi connectivity index (χ4n) is 1.28. The molecule has 1 aromatic carbocycles. The largest absolute Gasteiger partial charge is 0.393 e. The van der Waals surface area contributed by atoms with Gasteiger partial charge < -0.3 is 14.9 Å². The van der Waals surface area contributed by atoms with Gasteiger partial charge in [0.1, 0.15) is 12.2 Å². The maximum atomic E-state index is 9.29. The van der Waals surface area contributed by atoms with E-state index >= 15 is 0 Å². The average Bonchev–Trinajstić information content (AvgIpc) is 3.00. The highest BCUT2D eigenvalue weighted by Crippen LogP contribution is 2.30. The lowest BCUT2D eigenvalue weighted by Gasteiger charge is -2.07. The number of hydrogen-bond acceptors (Lipinski definition) is 3. The van der Waals surface area contributed by atoms with Gasteiger partial charge in [-0.25, -0.2) is 0 Å². The normalized spacial score (nSPS) is 22.8. The summed E-state index contributed by atoms with van der Waals surface area (Å²) in [5.74, 6) is 0. The van der Waals surface area contributed by atoms with Gasteiger partial charge in [-0.15, -0.1) is 0 Å². The van der Waals surface area contributed by atoms with E-state index < -0.39 is 6.10 Å². The molecule has 1 aliphatic rings. The number of epoxide rings is 1. The van der Waals surface area contributed by atoms with Crippen LogP contribution in [0.4, 0.5) is 0 Å². The van der Waals surface area contributed by atoms with Crippen LogP contribution in [0.2, 0.25) is 0 Å². The minimum atomic E-state index is -0.769. The minimum absolute atomic E-state index is 0.237. The molecule has 1 saturated heterocycles. The van der Waals surface area contributed by atoms with E-state index in [4.69, 9.17) is 9.84 Å². The molecule has 3 heteroatoms. The highest BCUT2D eigenvalue weighted by molar-refractivity contribution is 5.27. The summed E-state index contributed by atoms with van der Waals surface area (Å²) in [6.45, 7) is 0.557. The summed E-state index contributed by atoms with van der Waals surface area (Å²) in [5, 5.41) is 18.0. The molecule has 0 radical (unpaired) electrons. The number of aliphatic hydroxyl groups excluding tert-OH is 2. The summed E-state index contributed by atoms with van der Waals surface area (Å²) in [5.41, 5.74) is 1.88. The fourth-order valence-corrected chi connectivity index (χ4v) is 1.28. The van der Waals surface area contributed by atoms with Gasteiger partial charge in [-0.1, -0.05) is 24.3 Å². The Morgan fingerprint density at radius 2 is 2.00 bits per heavy atom. The van der Waals surface area contributed by atoms with Crippen molar-refractivity contribution in [1.82, 2.24) is 0 Å². The van der Waals surface area contributed by atoms with Gasteiger partial charge >= 0.3 is 0 Å². The zero-order valence-electron chi connectivity index (χ0n) is 7.18. The molecule has 2 rings (SSSR count). The van der Waals surface area contributed by atoms with Crippen molar-refractivity contribution >= 4 is 0 Å². The molecule has 0 bridgehead atoms. The Kier molecular flexibility index (Phi) is 2.31. The first-order chi connectivity index (χ1) is 6.31. The lowest BCUT2D eigenvalue weighted by atomic mass is 10.1. The molecule has 0 aliphatic carbocycles. The minimum Gasteiger partial charge on any atom is -0.393 e. The van der Waals surface area contributed by atoms with Crippen LogP contribution >= 0.6 is 0 Å². The third-order valence-electron chi connectivity index (χ3n) is 2.20. The van der Waals surface area contributed by atoms with Crippen molar-refractivity contribution < 1.29 is 14.9 Å². The van der Waals surface area contributed by atoms with Gasteiger partial charge in [-0.3, -0.25) is 0 Å². The molecule has 0 spiro atoms. The van der Waals surface area contributed by atoms with Crippen LogP contribution in [-0.4, -0.2) is 23.4 Å². The van der Waals surface area contributed by atoms with Crippen molar-refractivity contribution in [1.29, 1.82) is 0 Å². The second kappa shape index (κ2) is 3.46. The van der Waals surface area contributed by atoms with Gasteiger partial charge in [0.05, 0.1) is 13.2 Å². The molecule has 0 saturated carbocycles. The van der Waals surface area contributed by atoms with Gasteiger partial charge in [0.25, 0.3) is 0 Å². The summed E-state index contributed by atoms with van der Waals surface area (Å²) in [7, 11) is 0. The van der Waals surface area contributed by atoms with Crippen molar-refractivity contribution in [2.24, 2.45) is 0 Å². The van der Waals surface area contributed by atoms with Crippen molar-refractivity contribution in [2.75, 3.05) is 13.2 Å². The lowest BCUT2D eigenvalue weighted by Crippen LogP contribution is -2.01. The Morgan fingerprint density at radius 1 is 1.38 bits per heavy atom. The monoisotopic (exact) mass is 180 g/mol. The van der Waals surface area contributed by atoms with E-state index in [2.05, 4.69) is 0 Å². The SMILES string of the molecule is OC[C@@H](O)c1ccc([C@H]2CO2)cc1. The second-order valence-electron chi connectivity index (χ2n) is 3.19. The van der Waals surface area contributed by atoms with Gasteiger partial charge in [-0.2, -0.15) is 0 Å². The first kappa shape index (κ1) is 8.69. The van der Waals surface area contributed by atoms with Crippen LogP contribution in [0.25, 0.3) is 0 Å². The molecule has 0 aromatic heterocycles. The zero-order valence-corrected chi connectivity index (χ0v) is 7.18. The second-order valence-corrected chi connectivity index (χ2v) is 3.19. The molecule has 1 fully saturated rings. The fraction of sp³-hybridized carbons (Fsp3) is 0.400. The molecule has 1 aromatic rings. The van der Waals surface area contributed by atoms with E-state index in [-0.39, 0.29) is 12.7 Å². The van der Waals surface area contributed by atoms with Crippen LogP contribution < -0.4 is 0 Å². The van der Waals surface area contributed by atoms with E-state index in [0.29, 0.717) is 0 Å². The molecule has 2 atom stereocenters. The Morgan fingerprint density at radius 3 is 2.46 bits per heavy atom. The number of hydrogen-bond donors (Lipinski definition) is 2. The number of benzene rings is 1. The maximum absolute atomic E-state index is 9.29. The van der Waals surface area contributed by atoms with Crippen LogP contribution in [0.3, 0.4) is 0 Å². The van der Waals surface area contributed by atoms with Crippen LogP contribution in [0.5, 0.6) is 0 Å². The van der Waals surface area contributed by atoms with Crippen molar-refractivity contribution in [2.45, 2.75) is 12.2 Å². The zero-order chi connectivity index (χ0) is 9.26. The molecule has 70 valence electrons. The molecular weight excluding hydrogens is 168 g/mol. The Balaban J connectivity index is 2.12. The summed E-state index contributed by atoms with van der Waals surface area (Å²) >= 11 is 0. The number of aliphatic hydroxyl groups is 2. The predicted molar refractivity (Wildman–Crippen MR) is 47.2 cm³/mol. The van der Waals surface area contributed by atoms with Crippen LogP contribution in [0.1, 0.15) is 23.3 Å². The van der Waals surface area contributed by atoms with Crippen LogP contribution in [0, 0.1) is 0 Å². The van der Waals surface area contributed by atoms with Gasteiger partial charge in [-0.05, 0) is 11.1 Å². The van der Waals surface area contributed by atoms with Crippen molar-refractivity contribution in [3.05, 3.63) is 35.4 Å². The van der Waals surface area contributed by atoms with Gasteiger partial charge in [0, 0.05) is 0 Å². The van der Waals surface area contributed by atoms with E-state index in [1.165, 1.54) is 0 Å². The standard InChI is InChI=1S/C10H12O3/c11-5-9(12)7-1-3-8(4-2-7)10-6-13-10/h1-4,9-12H,5-6H2/t9-,10-/m1/s1. The first-order valence-corrected chi connectivity index (χ1v) is 4.31. The molecule has 3 nitrogen and oxygen atoms in total. The number of ether oxygens (including phenoxy) is 1. The molecule has 2 N–H and O–H groups in total. The Hall–Kier alpha value is -0.900. The molecular formula is C10H12O3. The summed E-state index contributed by atoms with van der Waals surface area (Å²) in [4.78, 5) is 0. The topological polar surface area (TPSA) is 53.0 Å². The van der Waals surface area contributed by atoms with Crippen LogP contribution in [0.15, 0.2) is 24.3 Å².